The molecule has 0 saturated carbocycles. The zero-order valence-corrected chi connectivity index (χ0v) is 12.3. The molecule has 1 N–H and O–H groups in total. The van der Waals surface area contributed by atoms with Gasteiger partial charge in [-0.1, -0.05) is 38.1 Å². The second-order valence-corrected chi connectivity index (χ2v) is 6.70. The Kier molecular flexibility index (Phi) is 3.42. The van der Waals surface area contributed by atoms with E-state index in [2.05, 4.69) is 53.8 Å². The molecule has 0 spiro atoms. The Balaban J connectivity index is 1.84. The first-order valence-electron chi connectivity index (χ1n) is 6.85. The molecule has 1 aromatic carbocycles. The Bertz CT molecular complexity index is 546. The second kappa shape index (κ2) is 5.06. The zero-order valence-electron chi connectivity index (χ0n) is 11.5. The molecule has 1 aromatic heterocycles. The molecule has 0 bridgehead atoms. The highest BCUT2D eigenvalue weighted by Crippen LogP contribution is 2.43. The smallest absolute Gasteiger partial charge is 0.0795 e. The normalized spacial score (nSPS) is 21.1. The van der Waals surface area contributed by atoms with Crippen LogP contribution in [0.15, 0.2) is 35.2 Å². The third-order valence-electron chi connectivity index (χ3n) is 4.16. The Labute approximate surface area is 118 Å². The molecule has 3 rings (SSSR count). The van der Waals surface area contributed by atoms with Crippen molar-refractivity contribution in [3.05, 3.63) is 52.0 Å². The van der Waals surface area contributed by atoms with Crippen LogP contribution in [0, 0.1) is 5.41 Å². The van der Waals surface area contributed by atoms with Gasteiger partial charge in [-0.25, -0.2) is 4.98 Å². The van der Waals surface area contributed by atoms with Crippen LogP contribution in [0.3, 0.4) is 0 Å². The molecule has 1 aliphatic carbocycles. The maximum atomic E-state index is 4.36. The summed E-state index contributed by atoms with van der Waals surface area (Å²) in [4.78, 5) is 4.36. The van der Waals surface area contributed by atoms with Gasteiger partial charge in [-0.3, -0.25) is 0 Å². The Morgan fingerprint density at radius 3 is 3.00 bits per heavy atom. The average Bonchev–Trinajstić information content (AvgIpc) is 2.90. The highest BCUT2D eigenvalue weighted by Gasteiger charge is 2.35. The van der Waals surface area contributed by atoms with E-state index < -0.39 is 0 Å². The molecular formula is C16H20N2S. The first kappa shape index (κ1) is 12.8. The molecule has 0 aliphatic heterocycles. The van der Waals surface area contributed by atoms with Crippen molar-refractivity contribution in [2.75, 3.05) is 0 Å². The van der Waals surface area contributed by atoms with Crippen LogP contribution < -0.4 is 5.32 Å². The van der Waals surface area contributed by atoms with Crippen molar-refractivity contribution in [1.82, 2.24) is 10.3 Å². The fourth-order valence-corrected chi connectivity index (χ4v) is 3.54. The molecule has 1 aliphatic rings. The van der Waals surface area contributed by atoms with E-state index in [0.717, 1.165) is 12.2 Å². The van der Waals surface area contributed by atoms with E-state index in [4.69, 9.17) is 0 Å². The summed E-state index contributed by atoms with van der Waals surface area (Å²) in [5, 5.41) is 5.83. The number of nitrogens with one attached hydrogen (secondary N) is 1. The van der Waals surface area contributed by atoms with E-state index in [-0.39, 0.29) is 0 Å². The van der Waals surface area contributed by atoms with E-state index in [1.54, 1.807) is 11.3 Å². The van der Waals surface area contributed by atoms with Crippen LogP contribution in [0.1, 0.15) is 43.1 Å². The van der Waals surface area contributed by atoms with Gasteiger partial charge in [-0.15, -0.1) is 11.3 Å². The lowest BCUT2D eigenvalue weighted by atomic mass is 9.70. The van der Waals surface area contributed by atoms with Gasteiger partial charge in [-0.2, -0.15) is 0 Å². The SMILES string of the molecule is CC1(C)CCc2ccccc2C1NCc1cscn1. The quantitative estimate of drug-likeness (QED) is 0.915. The van der Waals surface area contributed by atoms with Crippen molar-refractivity contribution >= 4 is 11.3 Å². The van der Waals surface area contributed by atoms with Gasteiger partial charge in [0.2, 0.25) is 0 Å². The number of benzene rings is 1. The van der Waals surface area contributed by atoms with Crippen molar-refractivity contribution in [2.24, 2.45) is 5.41 Å². The van der Waals surface area contributed by atoms with Crippen LogP contribution in [0.2, 0.25) is 0 Å². The maximum absolute atomic E-state index is 4.36. The first-order valence-corrected chi connectivity index (χ1v) is 7.79. The molecule has 1 heterocycles. The summed E-state index contributed by atoms with van der Waals surface area (Å²) < 4.78 is 0. The molecule has 0 amide bonds. The molecule has 3 heteroatoms. The molecular weight excluding hydrogens is 252 g/mol. The van der Waals surface area contributed by atoms with E-state index in [0.29, 0.717) is 11.5 Å². The van der Waals surface area contributed by atoms with Crippen molar-refractivity contribution in [1.29, 1.82) is 0 Å². The standard InChI is InChI=1S/C16H20N2S/c1-16(2)8-7-12-5-3-4-6-14(12)15(16)17-9-13-10-19-11-18-13/h3-6,10-11,15,17H,7-9H2,1-2H3. The lowest BCUT2D eigenvalue weighted by Crippen LogP contribution is -2.37. The van der Waals surface area contributed by atoms with Gasteiger partial charge in [0.25, 0.3) is 0 Å². The van der Waals surface area contributed by atoms with Gasteiger partial charge in [-0.05, 0) is 29.4 Å². The predicted octanol–water partition coefficient (Wildman–Crippen LogP) is 3.95. The number of hydrogen-bond donors (Lipinski definition) is 1. The van der Waals surface area contributed by atoms with Crippen LogP contribution in [-0.4, -0.2) is 4.98 Å². The van der Waals surface area contributed by atoms with E-state index in [1.807, 2.05) is 5.51 Å². The van der Waals surface area contributed by atoms with Crippen molar-refractivity contribution in [3.63, 3.8) is 0 Å². The Morgan fingerprint density at radius 2 is 2.21 bits per heavy atom. The van der Waals surface area contributed by atoms with Crippen LogP contribution >= 0.6 is 11.3 Å². The van der Waals surface area contributed by atoms with Gasteiger partial charge < -0.3 is 5.32 Å². The highest BCUT2D eigenvalue weighted by molar-refractivity contribution is 7.07. The summed E-state index contributed by atoms with van der Waals surface area (Å²) in [6.45, 7) is 5.58. The van der Waals surface area contributed by atoms with Crippen molar-refractivity contribution < 1.29 is 0 Å². The number of fused-ring (bicyclic) bond motifs is 1. The van der Waals surface area contributed by atoms with Gasteiger partial charge in [0, 0.05) is 18.0 Å². The van der Waals surface area contributed by atoms with Gasteiger partial charge in [0.05, 0.1) is 11.2 Å². The number of rotatable bonds is 3. The summed E-state index contributed by atoms with van der Waals surface area (Å²) in [7, 11) is 0. The van der Waals surface area contributed by atoms with Crippen molar-refractivity contribution in [3.8, 4) is 0 Å². The lowest BCUT2D eigenvalue weighted by molar-refractivity contribution is 0.207. The number of hydrogen-bond acceptors (Lipinski definition) is 3. The number of nitrogens with zero attached hydrogens (tertiary/aromatic N) is 1. The molecule has 0 fully saturated rings. The van der Waals surface area contributed by atoms with Crippen LogP contribution in [0.4, 0.5) is 0 Å². The second-order valence-electron chi connectivity index (χ2n) is 5.98. The molecule has 100 valence electrons. The number of aryl methyl sites for hydroxylation is 1. The molecule has 19 heavy (non-hydrogen) atoms. The molecule has 2 aromatic rings. The summed E-state index contributed by atoms with van der Waals surface area (Å²) in [5.41, 5.74) is 6.30. The Hall–Kier alpha value is -1.19. The van der Waals surface area contributed by atoms with Crippen LogP contribution in [0.25, 0.3) is 0 Å². The highest BCUT2D eigenvalue weighted by atomic mass is 32.1. The summed E-state index contributed by atoms with van der Waals surface area (Å²) in [6.07, 6.45) is 2.43. The molecule has 1 unspecified atom stereocenters. The molecule has 0 saturated heterocycles. The minimum atomic E-state index is 0.296. The van der Waals surface area contributed by atoms with E-state index >= 15 is 0 Å². The fourth-order valence-electron chi connectivity index (χ4n) is 2.98. The van der Waals surface area contributed by atoms with Gasteiger partial charge >= 0.3 is 0 Å². The summed E-state index contributed by atoms with van der Waals surface area (Å²) in [6, 6.07) is 9.25. The lowest BCUT2D eigenvalue weighted by Gasteiger charge is -2.40. The maximum Gasteiger partial charge on any atom is 0.0795 e. The molecule has 0 radical (unpaired) electrons. The molecule has 2 nitrogen and oxygen atoms in total. The van der Waals surface area contributed by atoms with Gasteiger partial charge in [0.15, 0.2) is 0 Å². The number of thiazole rings is 1. The summed E-state index contributed by atoms with van der Waals surface area (Å²) >= 11 is 1.66. The molecule has 1 atom stereocenters. The first-order chi connectivity index (χ1) is 9.17. The van der Waals surface area contributed by atoms with E-state index in [1.165, 1.54) is 24.0 Å². The fraction of sp³-hybridized carbons (Fsp3) is 0.438. The minimum Gasteiger partial charge on any atom is -0.304 e. The zero-order chi connectivity index (χ0) is 13.3. The number of aromatic nitrogens is 1. The minimum absolute atomic E-state index is 0.296. The van der Waals surface area contributed by atoms with Crippen molar-refractivity contribution in [2.45, 2.75) is 39.3 Å². The topological polar surface area (TPSA) is 24.9 Å². The third-order valence-corrected chi connectivity index (χ3v) is 4.79. The predicted molar refractivity (Wildman–Crippen MR) is 80.2 cm³/mol. The van der Waals surface area contributed by atoms with Crippen LogP contribution in [-0.2, 0) is 13.0 Å². The third kappa shape index (κ3) is 2.58. The van der Waals surface area contributed by atoms with Crippen LogP contribution in [0.5, 0.6) is 0 Å². The van der Waals surface area contributed by atoms with E-state index in [9.17, 15) is 0 Å². The van der Waals surface area contributed by atoms with Gasteiger partial charge in [0.1, 0.15) is 0 Å². The monoisotopic (exact) mass is 272 g/mol. The largest absolute Gasteiger partial charge is 0.304 e. The summed E-state index contributed by atoms with van der Waals surface area (Å²) in [5.74, 6) is 0. The average molecular weight is 272 g/mol. The Morgan fingerprint density at radius 1 is 1.37 bits per heavy atom.